The average Bonchev–Trinajstić information content (AvgIpc) is 2.70. The van der Waals surface area contributed by atoms with E-state index < -0.39 is 21.8 Å². The highest BCUT2D eigenvalue weighted by atomic mass is 35.5. The molecule has 29 heavy (non-hydrogen) atoms. The van der Waals surface area contributed by atoms with Crippen molar-refractivity contribution in [3.8, 4) is 0 Å². The summed E-state index contributed by atoms with van der Waals surface area (Å²) in [6, 6.07) is 13.0. The highest BCUT2D eigenvalue weighted by Crippen LogP contribution is 2.23. The van der Waals surface area contributed by atoms with Gasteiger partial charge < -0.3 is 11.1 Å². The number of benzene rings is 2. The van der Waals surface area contributed by atoms with E-state index in [1.165, 1.54) is 10.4 Å². The second-order valence-electron chi connectivity index (χ2n) is 7.01. The molecule has 3 rings (SSSR count). The third-order valence-electron chi connectivity index (χ3n) is 4.83. The lowest BCUT2D eigenvalue weighted by molar-refractivity contribution is -0.120. The number of sulfonamides is 1. The fourth-order valence-corrected chi connectivity index (χ4v) is 5.02. The van der Waals surface area contributed by atoms with Gasteiger partial charge in [0, 0.05) is 29.4 Å². The molecular weight excluding hydrogens is 414 g/mol. The summed E-state index contributed by atoms with van der Waals surface area (Å²) in [6.07, 6.45) is 1.19. The maximum Gasteiger partial charge on any atom is 0.248 e. The van der Waals surface area contributed by atoms with Gasteiger partial charge in [-0.25, -0.2) is 12.7 Å². The zero-order valence-corrected chi connectivity index (χ0v) is 17.2. The third kappa shape index (κ3) is 5.56. The van der Waals surface area contributed by atoms with E-state index in [1.54, 1.807) is 42.5 Å². The van der Waals surface area contributed by atoms with E-state index >= 15 is 0 Å². The van der Waals surface area contributed by atoms with Crippen molar-refractivity contribution in [2.45, 2.75) is 18.6 Å². The molecule has 1 aliphatic heterocycles. The van der Waals surface area contributed by atoms with Crippen LogP contribution >= 0.6 is 11.6 Å². The second kappa shape index (κ2) is 8.94. The number of nitrogens with two attached hydrogens (primary N) is 1. The van der Waals surface area contributed by atoms with Gasteiger partial charge in [0.05, 0.1) is 11.7 Å². The van der Waals surface area contributed by atoms with E-state index in [0.29, 0.717) is 41.2 Å². The molecule has 0 spiro atoms. The molecule has 0 saturated carbocycles. The predicted molar refractivity (Wildman–Crippen MR) is 112 cm³/mol. The van der Waals surface area contributed by atoms with Gasteiger partial charge in [0.2, 0.25) is 21.8 Å². The largest absolute Gasteiger partial charge is 0.366 e. The molecule has 9 heteroatoms. The first kappa shape index (κ1) is 21.3. The summed E-state index contributed by atoms with van der Waals surface area (Å²) in [4.78, 5) is 23.9. The highest BCUT2D eigenvalue weighted by Gasteiger charge is 2.32. The second-order valence-corrected chi connectivity index (χ2v) is 9.42. The minimum absolute atomic E-state index is 0.122. The molecule has 1 saturated heterocycles. The first-order chi connectivity index (χ1) is 13.7. The summed E-state index contributed by atoms with van der Waals surface area (Å²) in [5.41, 5.74) is 6.65. The molecule has 1 fully saturated rings. The van der Waals surface area contributed by atoms with Crippen LogP contribution in [0.15, 0.2) is 48.5 Å². The number of nitrogens with zero attached hydrogens (tertiary/aromatic N) is 1. The lowest BCUT2D eigenvalue weighted by Crippen LogP contribution is -2.44. The predicted octanol–water partition coefficient (Wildman–Crippen LogP) is 2.62. The van der Waals surface area contributed by atoms with Crippen molar-refractivity contribution < 1.29 is 18.0 Å². The number of piperidine rings is 1. The van der Waals surface area contributed by atoms with Gasteiger partial charge in [-0.3, -0.25) is 9.59 Å². The van der Waals surface area contributed by atoms with Crippen LogP contribution in [0.4, 0.5) is 5.69 Å². The number of anilines is 1. The van der Waals surface area contributed by atoms with Crippen molar-refractivity contribution in [1.82, 2.24) is 4.31 Å². The first-order valence-corrected chi connectivity index (χ1v) is 11.2. The van der Waals surface area contributed by atoms with Crippen LogP contribution in [-0.4, -0.2) is 37.6 Å². The average molecular weight is 436 g/mol. The van der Waals surface area contributed by atoms with E-state index in [-0.39, 0.29) is 18.2 Å². The maximum atomic E-state index is 12.8. The standard InChI is InChI=1S/C20H22ClN3O4S/c21-17-8-6-14(7-9-17)13-29(27,28)24-10-2-4-16(12-24)20(26)23-18-5-1-3-15(11-18)19(22)25/h1,3,5-9,11,16H,2,4,10,12-13H2,(H2,22,25)(H,23,26). The molecule has 154 valence electrons. The Hall–Kier alpha value is -2.42. The summed E-state index contributed by atoms with van der Waals surface area (Å²) >= 11 is 5.85. The Morgan fingerprint density at radius 3 is 2.59 bits per heavy atom. The van der Waals surface area contributed by atoms with Gasteiger partial charge in [0.1, 0.15) is 0 Å². The monoisotopic (exact) mass is 435 g/mol. The number of hydrogen-bond acceptors (Lipinski definition) is 4. The van der Waals surface area contributed by atoms with Crippen LogP contribution in [0.5, 0.6) is 0 Å². The number of carbonyl (C=O) groups excluding carboxylic acids is 2. The number of carbonyl (C=O) groups is 2. The Balaban J connectivity index is 1.66. The quantitative estimate of drug-likeness (QED) is 0.726. The molecule has 1 heterocycles. The topological polar surface area (TPSA) is 110 Å². The molecule has 1 atom stereocenters. The van der Waals surface area contributed by atoms with Crippen LogP contribution in [0.3, 0.4) is 0 Å². The number of halogens is 1. The number of primary amides is 1. The molecule has 2 amide bonds. The number of hydrogen-bond donors (Lipinski definition) is 2. The zero-order chi connectivity index (χ0) is 21.0. The Morgan fingerprint density at radius 2 is 1.90 bits per heavy atom. The van der Waals surface area contributed by atoms with Crippen LogP contribution < -0.4 is 11.1 Å². The zero-order valence-electron chi connectivity index (χ0n) is 15.7. The number of rotatable bonds is 6. The SMILES string of the molecule is NC(=O)c1cccc(NC(=O)C2CCCN(S(=O)(=O)Cc3ccc(Cl)cc3)C2)c1. The molecule has 0 aliphatic carbocycles. The van der Waals surface area contributed by atoms with Gasteiger partial charge in [-0.15, -0.1) is 0 Å². The van der Waals surface area contributed by atoms with Crippen LogP contribution in [0, 0.1) is 5.92 Å². The summed E-state index contributed by atoms with van der Waals surface area (Å²) in [5.74, 6) is -1.48. The van der Waals surface area contributed by atoms with E-state index in [4.69, 9.17) is 17.3 Å². The van der Waals surface area contributed by atoms with Crippen molar-refractivity contribution in [3.63, 3.8) is 0 Å². The summed E-state index contributed by atoms with van der Waals surface area (Å²) in [7, 11) is -3.56. The molecular formula is C20H22ClN3O4S. The van der Waals surface area contributed by atoms with E-state index in [2.05, 4.69) is 5.32 Å². The summed E-state index contributed by atoms with van der Waals surface area (Å²) < 4.78 is 27.0. The molecule has 1 unspecified atom stereocenters. The Labute approximate surface area is 174 Å². The van der Waals surface area contributed by atoms with Crippen LogP contribution in [-0.2, 0) is 20.6 Å². The highest BCUT2D eigenvalue weighted by molar-refractivity contribution is 7.88. The van der Waals surface area contributed by atoms with Crippen molar-refractivity contribution >= 4 is 39.1 Å². The van der Waals surface area contributed by atoms with Gasteiger partial charge in [0.15, 0.2) is 0 Å². The van der Waals surface area contributed by atoms with Crippen LogP contribution in [0.1, 0.15) is 28.8 Å². The fourth-order valence-electron chi connectivity index (χ4n) is 3.29. The third-order valence-corrected chi connectivity index (χ3v) is 6.89. The van der Waals surface area contributed by atoms with E-state index in [1.807, 2.05) is 0 Å². The number of nitrogens with one attached hydrogen (secondary N) is 1. The van der Waals surface area contributed by atoms with Gasteiger partial charge in [-0.2, -0.15) is 0 Å². The van der Waals surface area contributed by atoms with Gasteiger partial charge >= 0.3 is 0 Å². The van der Waals surface area contributed by atoms with Gasteiger partial charge in [0.25, 0.3) is 0 Å². The first-order valence-electron chi connectivity index (χ1n) is 9.17. The van der Waals surface area contributed by atoms with Crippen molar-refractivity contribution in [2.24, 2.45) is 11.7 Å². The molecule has 0 aromatic heterocycles. The molecule has 1 aliphatic rings. The molecule has 7 nitrogen and oxygen atoms in total. The maximum absolute atomic E-state index is 12.8. The fraction of sp³-hybridized carbons (Fsp3) is 0.300. The molecule has 3 N–H and O–H groups in total. The van der Waals surface area contributed by atoms with Crippen molar-refractivity contribution in [2.75, 3.05) is 18.4 Å². The van der Waals surface area contributed by atoms with E-state index in [0.717, 1.165) is 0 Å². The normalized spacial score (nSPS) is 17.6. The van der Waals surface area contributed by atoms with Crippen molar-refractivity contribution in [1.29, 1.82) is 0 Å². The minimum atomic E-state index is -3.56. The molecule has 0 bridgehead atoms. The van der Waals surface area contributed by atoms with Crippen molar-refractivity contribution in [3.05, 3.63) is 64.7 Å². The van der Waals surface area contributed by atoms with Crippen LogP contribution in [0.2, 0.25) is 5.02 Å². The lowest BCUT2D eigenvalue weighted by Gasteiger charge is -2.31. The van der Waals surface area contributed by atoms with Gasteiger partial charge in [-0.1, -0.05) is 29.8 Å². The molecule has 2 aromatic rings. The Morgan fingerprint density at radius 1 is 1.17 bits per heavy atom. The summed E-state index contributed by atoms with van der Waals surface area (Å²) in [5, 5.41) is 3.29. The molecule has 0 radical (unpaired) electrons. The Bertz CT molecular complexity index is 1010. The van der Waals surface area contributed by atoms with E-state index in [9.17, 15) is 18.0 Å². The Kier molecular flexibility index (Phi) is 6.56. The van der Waals surface area contributed by atoms with Gasteiger partial charge in [-0.05, 0) is 48.7 Å². The molecule has 2 aromatic carbocycles. The summed E-state index contributed by atoms with van der Waals surface area (Å²) in [6.45, 7) is 0.508. The lowest BCUT2D eigenvalue weighted by atomic mass is 9.98. The smallest absolute Gasteiger partial charge is 0.248 e. The number of amides is 2. The minimum Gasteiger partial charge on any atom is -0.366 e. The van der Waals surface area contributed by atoms with Crippen LogP contribution in [0.25, 0.3) is 0 Å².